The second-order valence-electron chi connectivity index (χ2n) is 5.69. The van der Waals surface area contributed by atoms with Crippen molar-refractivity contribution in [1.82, 2.24) is 9.88 Å². The predicted octanol–water partition coefficient (Wildman–Crippen LogP) is 2.80. The number of nitrogens with zero attached hydrogens (tertiary/aromatic N) is 2. The van der Waals surface area contributed by atoms with Crippen LogP contribution in [0.25, 0.3) is 0 Å². The molecule has 1 aliphatic heterocycles. The van der Waals surface area contributed by atoms with Gasteiger partial charge < -0.3 is 4.74 Å². The Labute approximate surface area is 149 Å². The van der Waals surface area contributed by atoms with E-state index in [1.807, 2.05) is 0 Å². The number of rotatable bonds is 4. The lowest BCUT2D eigenvalue weighted by Crippen LogP contribution is -2.33. The molecule has 0 atom stereocenters. The number of halogens is 1. The number of hydrogen-bond acceptors (Lipinski definition) is 5. The molecule has 0 fully saturated rings. The number of imide groups is 1. The van der Waals surface area contributed by atoms with Gasteiger partial charge in [-0.2, -0.15) is 0 Å². The first-order valence-electron chi connectivity index (χ1n) is 7.66. The Kier molecular flexibility index (Phi) is 4.55. The standard InChI is InChI=1S/C18H15ClN2O4/c1-10-9-11(2)20-15(19)14(10)18(24)25-8-7-21-16(22)12-5-3-4-6-13(12)17(21)23/h3-6,9H,7-8H2,1-2H3. The van der Waals surface area contributed by atoms with Crippen molar-refractivity contribution in [3.63, 3.8) is 0 Å². The van der Waals surface area contributed by atoms with Gasteiger partial charge in [0.15, 0.2) is 0 Å². The van der Waals surface area contributed by atoms with E-state index in [9.17, 15) is 14.4 Å². The first-order valence-corrected chi connectivity index (χ1v) is 8.04. The van der Waals surface area contributed by atoms with E-state index in [0.717, 1.165) is 4.90 Å². The van der Waals surface area contributed by atoms with Crippen LogP contribution in [0.4, 0.5) is 0 Å². The third-order valence-electron chi connectivity index (χ3n) is 3.93. The number of esters is 1. The van der Waals surface area contributed by atoms with Gasteiger partial charge in [-0.3, -0.25) is 14.5 Å². The van der Waals surface area contributed by atoms with Crippen molar-refractivity contribution in [1.29, 1.82) is 0 Å². The number of benzene rings is 1. The molecule has 1 aromatic heterocycles. The summed E-state index contributed by atoms with van der Waals surface area (Å²) in [6.07, 6.45) is 0. The van der Waals surface area contributed by atoms with E-state index in [4.69, 9.17) is 16.3 Å². The van der Waals surface area contributed by atoms with Crippen molar-refractivity contribution >= 4 is 29.4 Å². The van der Waals surface area contributed by atoms with Gasteiger partial charge >= 0.3 is 5.97 Å². The Hall–Kier alpha value is -2.73. The maximum Gasteiger partial charge on any atom is 0.341 e. The van der Waals surface area contributed by atoms with Gasteiger partial charge in [0, 0.05) is 5.69 Å². The van der Waals surface area contributed by atoms with E-state index in [1.165, 1.54) is 0 Å². The van der Waals surface area contributed by atoms with Gasteiger partial charge in [0.05, 0.1) is 23.2 Å². The van der Waals surface area contributed by atoms with E-state index >= 15 is 0 Å². The highest BCUT2D eigenvalue weighted by Crippen LogP contribution is 2.23. The third-order valence-corrected chi connectivity index (χ3v) is 4.20. The average molecular weight is 359 g/mol. The molecule has 0 spiro atoms. The summed E-state index contributed by atoms with van der Waals surface area (Å²) >= 11 is 6.01. The Balaban J connectivity index is 1.66. The summed E-state index contributed by atoms with van der Waals surface area (Å²) in [6, 6.07) is 8.32. The first-order chi connectivity index (χ1) is 11.9. The van der Waals surface area contributed by atoms with Crippen LogP contribution < -0.4 is 0 Å². The number of fused-ring (bicyclic) bond motifs is 1. The van der Waals surface area contributed by atoms with Crippen molar-refractivity contribution in [2.24, 2.45) is 0 Å². The molecule has 1 aromatic carbocycles. The summed E-state index contributed by atoms with van der Waals surface area (Å²) in [5.74, 6) is -1.41. The van der Waals surface area contributed by atoms with Gasteiger partial charge in [0.25, 0.3) is 11.8 Å². The van der Waals surface area contributed by atoms with Gasteiger partial charge in [0.2, 0.25) is 0 Å². The highest BCUT2D eigenvalue weighted by molar-refractivity contribution is 6.32. The number of carbonyl (C=O) groups is 3. The highest BCUT2D eigenvalue weighted by Gasteiger charge is 2.34. The van der Waals surface area contributed by atoms with Gasteiger partial charge in [0.1, 0.15) is 11.8 Å². The van der Waals surface area contributed by atoms with Crippen molar-refractivity contribution in [2.45, 2.75) is 13.8 Å². The van der Waals surface area contributed by atoms with E-state index in [2.05, 4.69) is 4.98 Å². The zero-order valence-corrected chi connectivity index (χ0v) is 14.5. The van der Waals surface area contributed by atoms with Gasteiger partial charge in [-0.05, 0) is 37.6 Å². The van der Waals surface area contributed by atoms with E-state index in [-0.39, 0.29) is 35.7 Å². The molecule has 6 nitrogen and oxygen atoms in total. The molecule has 0 saturated heterocycles. The first kappa shape index (κ1) is 17.1. The summed E-state index contributed by atoms with van der Waals surface area (Å²) in [5, 5.41) is 0.0724. The molecular weight excluding hydrogens is 344 g/mol. The number of pyridine rings is 1. The molecular formula is C18H15ClN2O4. The third kappa shape index (κ3) is 3.13. The number of ether oxygens (including phenoxy) is 1. The quantitative estimate of drug-likeness (QED) is 0.477. The molecule has 0 bridgehead atoms. The van der Waals surface area contributed by atoms with Crippen LogP contribution in [0.1, 0.15) is 42.3 Å². The molecule has 1 aliphatic rings. The van der Waals surface area contributed by atoms with Crippen LogP contribution in [0.3, 0.4) is 0 Å². The molecule has 2 heterocycles. The van der Waals surface area contributed by atoms with Crippen molar-refractivity contribution in [3.05, 3.63) is 63.4 Å². The van der Waals surface area contributed by atoms with Crippen LogP contribution in [-0.4, -0.2) is 40.8 Å². The van der Waals surface area contributed by atoms with Crippen LogP contribution in [0.15, 0.2) is 30.3 Å². The second kappa shape index (κ2) is 6.64. The van der Waals surface area contributed by atoms with E-state index in [1.54, 1.807) is 44.2 Å². The smallest absolute Gasteiger partial charge is 0.341 e. The van der Waals surface area contributed by atoms with Crippen LogP contribution in [0.2, 0.25) is 5.15 Å². The lowest BCUT2D eigenvalue weighted by Gasteiger charge is -2.14. The van der Waals surface area contributed by atoms with Gasteiger partial charge in [-0.25, -0.2) is 9.78 Å². The number of aryl methyl sites for hydroxylation is 2. The molecule has 0 radical (unpaired) electrons. The maximum absolute atomic E-state index is 12.2. The van der Waals surface area contributed by atoms with Crippen LogP contribution in [-0.2, 0) is 4.74 Å². The minimum Gasteiger partial charge on any atom is -0.460 e. The topological polar surface area (TPSA) is 76.6 Å². The number of amides is 2. The molecule has 0 unspecified atom stereocenters. The van der Waals surface area contributed by atoms with Crippen molar-refractivity contribution in [3.8, 4) is 0 Å². The van der Waals surface area contributed by atoms with E-state index < -0.39 is 5.97 Å². The molecule has 25 heavy (non-hydrogen) atoms. The lowest BCUT2D eigenvalue weighted by molar-refractivity contribution is 0.0419. The highest BCUT2D eigenvalue weighted by atomic mass is 35.5. The molecule has 7 heteroatoms. The normalized spacial score (nSPS) is 13.2. The molecule has 0 N–H and O–H groups in total. The predicted molar refractivity (Wildman–Crippen MR) is 90.8 cm³/mol. The minimum atomic E-state index is -0.633. The summed E-state index contributed by atoms with van der Waals surface area (Å²) in [6.45, 7) is 3.37. The van der Waals surface area contributed by atoms with Gasteiger partial charge in [-0.1, -0.05) is 23.7 Å². The summed E-state index contributed by atoms with van der Waals surface area (Å²) in [7, 11) is 0. The Bertz CT molecular complexity index is 836. The van der Waals surface area contributed by atoms with Crippen LogP contribution >= 0.6 is 11.6 Å². The van der Waals surface area contributed by atoms with Crippen LogP contribution in [0.5, 0.6) is 0 Å². The van der Waals surface area contributed by atoms with Crippen molar-refractivity contribution in [2.75, 3.05) is 13.2 Å². The molecule has 0 aliphatic carbocycles. The molecule has 2 amide bonds. The number of aromatic nitrogens is 1. The summed E-state index contributed by atoms with van der Waals surface area (Å²) in [5.41, 5.74) is 2.27. The molecule has 3 rings (SSSR count). The number of hydrogen-bond donors (Lipinski definition) is 0. The zero-order chi connectivity index (χ0) is 18.1. The molecule has 128 valence electrons. The zero-order valence-electron chi connectivity index (χ0n) is 13.7. The molecule has 0 saturated carbocycles. The van der Waals surface area contributed by atoms with Crippen molar-refractivity contribution < 1.29 is 19.1 Å². The monoisotopic (exact) mass is 358 g/mol. The fourth-order valence-electron chi connectivity index (χ4n) is 2.78. The Morgan fingerprint density at radius 1 is 1.16 bits per heavy atom. The fraction of sp³-hybridized carbons (Fsp3) is 0.222. The Morgan fingerprint density at radius 3 is 2.32 bits per heavy atom. The SMILES string of the molecule is Cc1cc(C)c(C(=O)OCCN2C(=O)c3ccccc3C2=O)c(Cl)n1. The second-order valence-corrected chi connectivity index (χ2v) is 6.05. The largest absolute Gasteiger partial charge is 0.460 e. The fourth-order valence-corrected chi connectivity index (χ4v) is 3.14. The Morgan fingerprint density at radius 2 is 1.76 bits per heavy atom. The van der Waals surface area contributed by atoms with Crippen LogP contribution in [0, 0.1) is 13.8 Å². The van der Waals surface area contributed by atoms with E-state index in [0.29, 0.717) is 22.4 Å². The average Bonchev–Trinajstić information content (AvgIpc) is 2.79. The lowest BCUT2D eigenvalue weighted by atomic mass is 10.1. The minimum absolute atomic E-state index is 0.0198. The maximum atomic E-state index is 12.2. The summed E-state index contributed by atoms with van der Waals surface area (Å²) in [4.78, 5) is 41.8. The number of carbonyl (C=O) groups excluding carboxylic acids is 3. The molecule has 2 aromatic rings. The summed E-state index contributed by atoms with van der Waals surface area (Å²) < 4.78 is 5.18. The van der Waals surface area contributed by atoms with Gasteiger partial charge in [-0.15, -0.1) is 0 Å².